The van der Waals surface area contributed by atoms with Crippen LogP contribution >= 0.6 is 11.6 Å². The minimum Gasteiger partial charge on any atom is -0.380 e. The number of pyridine rings is 1. The van der Waals surface area contributed by atoms with Crippen LogP contribution in [0, 0.1) is 6.92 Å². The second kappa shape index (κ2) is 6.65. The van der Waals surface area contributed by atoms with Crippen molar-refractivity contribution in [1.29, 1.82) is 0 Å². The fourth-order valence-corrected chi connectivity index (χ4v) is 3.96. The Kier molecular flexibility index (Phi) is 4.82. The summed E-state index contributed by atoms with van der Waals surface area (Å²) in [6.07, 6.45) is -3.74. The van der Waals surface area contributed by atoms with Gasteiger partial charge in [-0.1, -0.05) is 31.4 Å². The molecule has 0 aliphatic carbocycles. The lowest BCUT2D eigenvalue weighted by molar-refractivity contribution is -0.180. The Hall–Kier alpha value is -1.95. The number of alkyl halides is 3. The van der Waals surface area contributed by atoms with Crippen LogP contribution in [0.1, 0.15) is 48.6 Å². The second-order valence-corrected chi connectivity index (χ2v) is 7.16. The monoisotopic (exact) mass is 384 g/mol. The van der Waals surface area contributed by atoms with Crippen molar-refractivity contribution in [3.05, 3.63) is 62.0 Å². The van der Waals surface area contributed by atoms with Crippen LogP contribution in [-0.2, 0) is 12.0 Å². The number of aryl methyl sites for hydroxylation is 1. The molecule has 0 fully saturated rings. The molecule has 3 rings (SSSR count). The summed E-state index contributed by atoms with van der Waals surface area (Å²) in [5.41, 5.74) is -1.78. The van der Waals surface area contributed by atoms with Gasteiger partial charge in [0.15, 0.2) is 0 Å². The molecule has 3 nitrogen and oxygen atoms in total. The predicted molar refractivity (Wildman–Crippen MR) is 96.9 cm³/mol. The van der Waals surface area contributed by atoms with E-state index in [1.165, 1.54) is 12.1 Å². The number of unbranched alkanes of at least 4 members (excludes halogenated alkanes) is 1. The van der Waals surface area contributed by atoms with Crippen LogP contribution in [0.2, 0.25) is 5.02 Å². The second-order valence-electron chi connectivity index (χ2n) is 6.72. The predicted octanol–water partition coefficient (Wildman–Crippen LogP) is 5.30. The molecule has 26 heavy (non-hydrogen) atoms. The number of rotatable bonds is 3. The van der Waals surface area contributed by atoms with E-state index < -0.39 is 17.2 Å². The van der Waals surface area contributed by atoms with Gasteiger partial charge in [-0.3, -0.25) is 4.79 Å². The smallest absolute Gasteiger partial charge is 0.380 e. The van der Waals surface area contributed by atoms with Gasteiger partial charge in [0.05, 0.1) is 0 Å². The molecular weight excluding hydrogens is 365 g/mol. The van der Waals surface area contributed by atoms with E-state index in [0.717, 1.165) is 0 Å². The number of anilines is 1. The molecule has 0 amide bonds. The highest BCUT2D eigenvalue weighted by Crippen LogP contribution is 2.54. The molecule has 1 aliphatic heterocycles. The number of benzene rings is 1. The summed E-state index contributed by atoms with van der Waals surface area (Å²) in [5.74, 6) is 0. The van der Waals surface area contributed by atoms with Gasteiger partial charge >= 0.3 is 6.18 Å². The fraction of sp³-hybridized carbons (Fsp3) is 0.421. The number of nitrogens with one attached hydrogen (secondary N) is 2. The molecule has 1 unspecified atom stereocenters. The van der Waals surface area contributed by atoms with Crippen LogP contribution in [0.5, 0.6) is 0 Å². The molecule has 2 aromatic rings. The first kappa shape index (κ1) is 18.8. The number of aromatic amines is 1. The Morgan fingerprint density at radius 3 is 2.62 bits per heavy atom. The third kappa shape index (κ3) is 2.90. The Bertz CT molecular complexity index is 891. The highest BCUT2D eigenvalue weighted by Gasteiger charge is 2.59. The molecule has 0 bridgehead atoms. The molecule has 2 heterocycles. The number of fused-ring (bicyclic) bond motifs is 2. The molecule has 140 valence electrons. The first-order valence-corrected chi connectivity index (χ1v) is 8.92. The zero-order valence-corrected chi connectivity index (χ0v) is 15.3. The highest BCUT2D eigenvalue weighted by molar-refractivity contribution is 6.30. The number of aromatic nitrogens is 1. The van der Waals surface area contributed by atoms with Crippen LogP contribution < -0.4 is 10.9 Å². The zero-order chi connectivity index (χ0) is 19.1. The van der Waals surface area contributed by atoms with Gasteiger partial charge < -0.3 is 10.3 Å². The molecule has 7 heteroatoms. The number of hydrogen-bond donors (Lipinski definition) is 2. The lowest BCUT2D eigenvalue weighted by atomic mass is 9.69. The number of halogens is 4. The molecule has 0 saturated heterocycles. The van der Waals surface area contributed by atoms with E-state index in [0.29, 0.717) is 24.2 Å². The van der Waals surface area contributed by atoms with E-state index in [1.54, 1.807) is 19.1 Å². The van der Waals surface area contributed by atoms with Gasteiger partial charge in [-0.05, 0) is 48.7 Å². The van der Waals surface area contributed by atoms with E-state index in [4.69, 9.17) is 11.6 Å². The van der Waals surface area contributed by atoms with Crippen LogP contribution in [0.25, 0.3) is 0 Å². The van der Waals surface area contributed by atoms with Crippen LogP contribution in [0.15, 0.2) is 29.1 Å². The Morgan fingerprint density at radius 1 is 1.23 bits per heavy atom. The van der Waals surface area contributed by atoms with Crippen molar-refractivity contribution in [2.75, 3.05) is 5.32 Å². The normalized spacial score (nSPS) is 19.3. The Labute approximate surface area is 154 Å². The lowest BCUT2D eigenvalue weighted by Crippen LogP contribution is -2.45. The molecule has 1 aliphatic rings. The maximum absolute atomic E-state index is 14.7. The molecule has 0 spiro atoms. The average Bonchev–Trinajstić information content (AvgIpc) is 2.67. The van der Waals surface area contributed by atoms with Crippen molar-refractivity contribution in [2.45, 2.75) is 51.2 Å². The van der Waals surface area contributed by atoms with Gasteiger partial charge in [0.1, 0.15) is 5.41 Å². The summed E-state index contributed by atoms with van der Waals surface area (Å²) in [7, 11) is 0. The van der Waals surface area contributed by atoms with Crippen LogP contribution in [0.3, 0.4) is 0 Å². The summed E-state index contributed by atoms with van der Waals surface area (Å²) < 4.78 is 44.0. The van der Waals surface area contributed by atoms with Crippen molar-refractivity contribution < 1.29 is 13.2 Å². The van der Waals surface area contributed by atoms with Gasteiger partial charge in [-0.2, -0.15) is 13.2 Å². The van der Waals surface area contributed by atoms with Crippen molar-refractivity contribution in [1.82, 2.24) is 4.98 Å². The number of H-pyrrole nitrogens is 1. The summed E-state index contributed by atoms with van der Waals surface area (Å²) in [4.78, 5) is 15.1. The Morgan fingerprint density at radius 2 is 1.96 bits per heavy atom. The molecule has 0 saturated carbocycles. The summed E-state index contributed by atoms with van der Waals surface area (Å²) in [6.45, 7) is 3.48. The quantitative estimate of drug-likeness (QED) is 0.754. The van der Waals surface area contributed by atoms with Gasteiger partial charge in [0.2, 0.25) is 0 Å². The van der Waals surface area contributed by atoms with E-state index in [-0.39, 0.29) is 34.7 Å². The van der Waals surface area contributed by atoms with Crippen LogP contribution in [-0.4, -0.2) is 11.2 Å². The van der Waals surface area contributed by atoms with E-state index in [9.17, 15) is 18.0 Å². The third-order valence-electron chi connectivity index (χ3n) is 5.02. The largest absolute Gasteiger partial charge is 0.402 e. The van der Waals surface area contributed by atoms with E-state index in [1.807, 2.05) is 6.92 Å². The molecule has 1 aromatic heterocycles. The minimum absolute atomic E-state index is 0.0215. The van der Waals surface area contributed by atoms with Gasteiger partial charge in [-0.15, -0.1) is 0 Å². The molecule has 1 atom stereocenters. The van der Waals surface area contributed by atoms with Crippen molar-refractivity contribution >= 4 is 17.3 Å². The van der Waals surface area contributed by atoms with E-state index >= 15 is 0 Å². The van der Waals surface area contributed by atoms with Crippen molar-refractivity contribution in [2.24, 2.45) is 0 Å². The summed E-state index contributed by atoms with van der Waals surface area (Å²) in [5, 5.41) is 3.23. The Balaban J connectivity index is 2.46. The minimum atomic E-state index is -4.58. The zero-order valence-electron chi connectivity index (χ0n) is 14.6. The molecular formula is C19H20ClF3N2O. The molecule has 1 aromatic carbocycles. The first-order valence-electron chi connectivity index (χ1n) is 8.54. The highest BCUT2D eigenvalue weighted by atomic mass is 35.5. The average molecular weight is 385 g/mol. The molecule has 2 N–H and O–H groups in total. The summed E-state index contributed by atoms with van der Waals surface area (Å²) in [6, 6.07) is 5.94. The first-order chi connectivity index (χ1) is 12.2. The lowest BCUT2D eigenvalue weighted by Gasteiger charge is -2.38. The number of hydrogen-bond acceptors (Lipinski definition) is 2. The van der Waals surface area contributed by atoms with Gasteiger partial charge in [0.25, 0.3) is 5.56 Å². The molecule has 0 radical (unpaired) electrons. The summed E-state index contributed by atoms with van der Waals surface area (Å²) >= 11 is 6.07. The van der Waals surface area contributed by atoms with Crippen LogP contribution in [0.4, 0.5) is 18.9 Å². The van der Waals surface area contributed by atoms with E-state index in [2.05, 4.69) is 10.3 Å². The third-order valence-corrected chi connectivity index (χ3v) is 5.25. The maximum Gasteiger partial charge on any atom is 0.402 e. The maximum atomic E-state index is 14.7. The SMILES string of the molecule is CCCCC1(C(F)(F)F)c2cc(Cl)ccc2NCc2c1cc(C)[nH]c2=O. The fourth-order valence-electron chi connectivity index (χ4n) is 3.78. The standard InChI is InChI=1S/C19H20ClF3N2O/c1-3-4-7-18(19(21,22)23)14-8-11(2)25-17(26)13(14)10-24-16-6-5-12(20)9-15(16)18/h5-6,8-9,24H,3-4,7,10H2,1-2H3,(H,25,26). The van der Waals surface area contributed by atoms with Crippen molar-refractivity contribution in [3.63, 3.8) is 0 Å². The van der Waals surface area contributed by atoms with Gasteiger partial charge in [-0.25, -0.2) is 0 Å². The topological polar surface area (TPSA) is 44.9 Å². The van der Waals surface area contributed by atoms with Crippen molar-refractivity contribution in [3.8, 4) is 0 Å². The van der Waals surface area contributed by atoms with Gasteiger partial charge in [0, 0.05) is 28.5 Å².